The maximum absolute atomic E-state index is 12.1. The van der Waals surface area contributed by atoms with Crippen molar-refractivity contribution in [3.8, 4) is 0 Å². The van der Waals surface area contributed by atoms with Crippen molar-refractivity contribution < 1.29 is 209 Å². The fraction of sp³-hybridized carbons (Fsp3) is 0.571. The summed E-state index contributed by atoms with van der Waals surface area (Å²) in [5.41, 5.74) is 1.07. The van der Waals surface area contributed by atoms with Gasteiger partial charge in [-0.3, -0.25) is 14.4 Å². The predicted molar refractivity (Wildman–Crippen MR) is 156 cm³/mol. The number of nitrogens with one attached hydrogen (secondary N) is 3. The number of ether oxygens (including phenoxy) is 1. The van der Waals surface area contributed by atoms with Crippen LogP contribution in [0.15, 0.2) is 24.3 Å². The molecule has 0 bridgehead atoms. The number of unbranched alkanes of at least 4 members (excludes halogenated alkanes) is 2. The number of hydrogen-bond acceptors (Lipinski definition) is 7. The minimum atomic E-state index is -0.629. The molecule has 0 aromatic heterocycles. The Bertz CT molecular complexity index is 1010. The van der Waals surface area contributed by atoms with Gasteiger partial charge in [0.2, 0.25) is 11.8 Å². The number of nitrogens with zero attached hydrogens (tertiary/aromatic N) is 3. The summed E-state index contributed by atoms with van der Waals surface area (Å²) in [6.07, 6.45) is 3.48. The largest absolute Gasteiger partial charge is 1.00 e. The van der Waals surface area contributed by atoms with E-state index >= 15 is 0 Å². The van der Waals surface area contributed by atoms with Gasteiger partial charge in [0.1, 0.15) is 5.78 Å². The molecule has 0 heterocycles. The molecule has 0 aliphatic carbocycles. The molecule has 0 saturated heterocycles. The number of benzene rings is 1. The second-order valence-corrected chi connectivity index (χ2v) is 9.17. The molecule has 0 saturated carbocycles. The van der Waals surface area contributed by atoms with Crippen molar-refractivity contribution in [2.45, 2.75) is 58.3 Å². The Hall–Kier alpha value is 1.42. The van der Waals surface area contributed by atoms with Crippen LogP contribution < -0.4 is 191 Å². The van der Waals surface area contributed by atoms with E-state index in [-0.39, 0.29) is 232 Å². The van der Waals surface area contributed by atoms with E-state index in [1.165, 1.54) is 7.05 Å². The third-order valence-electron chi connectivity index (χ3n) is 5.52. The van der Waals surface area contributed by atoms with Crippen LogP contribution in [0.25, 0.3) is 16.0 Å². The molecule has 0 radical (unpaired) electrons. The minimum Gasteiger partial charge on any atom is -0.651 e. The van der Waals surface area contributed by atoms with E-state index in [1.54, 1.807) is 31.2 Å². The van der Waals surface area contributed by atoms with E-state index in [2.05, 4.69) is 31.9 Å². The molecule has 6 amide bonds. The van der Waals surface area contributed by atoms with E-state index in [0.29, 0.717) is 43.8 Å². The predicted octanol–water partition coefficient (Wildman–Crippen LogP) is -5.80. The Balaban J connectivity index is -0.00000210. The first-order chi connectivity index (χ1) is 19.7. The second-order valence-electron chi connectivity index (χ2n) is 9.17. The Morgan fingerprint density at radius 3 is 2.11 bits per heavy atom. The zero-order valence-electron chi connectivity index (χ0n) is 26.9. The number of ketones is 1. The van der Waals surface area contributed by atoms with Gasteiger partial charge in [0.25, 0.3) is 0 Å². The van der Waals surface area contributed by atoms with Crippen molar-refractivity contribution in [3.63, 3.8) is 0 Å². The maximum Gasteiger partial charge on any atom is 1.00 e. The monoisotopic (exact) mass is 830 g/mol. The first-order valence-electron chi connectivity index (χ1n) is 13.7. The van der Waals surface area contributed by atoms with Gasteiger partial charge >= 0.3 is 175 Å². The van der Waals surface area contributed by atoms with Gasteiger partial charge in [-0.05, 0) is 31.9 Å². The third-order valence-corrected chi connectivity index (χ3v) is 5.52. The molecular formula is C28H43N6O7Rb3. The van der Waals surface area contributed by atoms with Crippen molar-refractivity contribution in [1.82, 2.24) is 16.0 Å². The summed E-state index contributed by atoms with van der Waals surface area (Å²) in [6, 6.07) is 6.11. The fourth-order valence-electron chi connectivity index (χ4n) is 3.36. The van der Waals surface area contributed by atoms with Gasteiger partial charge in [-0.15, -0.1) is 12.2 Å². The zero-order valence-corrected chi connectivity index (χ0v) is 41.7. The molecule has 1 rings (SSSR count). The van der Waals surface area contributed by atoms with Crippen LogP contribution >= 0.6 is 0 Å². The summed E-state index contributed by atoms with van der Waals surface area (Å²) < 4.78 is 5.37. The van der Waals surface area contributed by atoms with Crippen molar-refractivity contribution in [2.24, 2.45) is 0 Å². The summed E-state index contributed by atoms with van der Waals surface area (Å²) in [7, 11) is 1.53. The van der Waals surface area contributed by atoms with Crippen LogP contribution in [0, 0.1) is 0 Å². The van der Waals surface area contributed by atoms with Crippen molar-refractivity contribution in [3.05, 3.63) is 45.8 Å². The fourth-order valence-corrected chi connectivity index (χ4v) is 3.36. The smallest absolute Gasteiger partial charge is 0.651 e. The quantitative estimate of drug-likeness (QED) is 0.0813. The molecular weight excluding hydrogens is 789 g/mol. The molecule has 16 heteroatoms. The van der Waals surface area contributed by atoms with Gasteiger partial charge in [-0.25, -0.2) is 0 Å². The molecule has 1 aromatic rings. The molecule has 0 spiro atoms. The third kappa shape index (κ3) is 29.5. The molecule has 0 atom stereocenters. The van der Waals surface area contributed by atoms with E-state index in [0.717, 1.165) is 19.3 Å². The molecule has 3 N–H and O–H groups in total. The van der Waals surface area contributed by atoms with E-state index < -0.39 is 18.2 Å². The Kier molecular flexibility index (Phi) is 37.3. The van der Waals surface area contributed by atoms with Crippen LogP contribution in [0.3, 0.4) is 0 Å². The molecule has 0 aliphatic heterocycles. The van der Waals surface area contributed by atoms with Gasteiger partial charge in [0, 0.05) is 47.5 Å². The Morgan fingerprint density at radius 1 is 0.750 bits per heavy atom. The van der Waals surface area contributed by atoms with Crippen molar-refractivity contribution in [1.29, 1.82) is 0 Å². The van der Waals surface area contributed by atoms with Gasteiger partial charge in [-0.2, -0.15) is 0 Å². The standard InChI is InChI=1S/C28H44N6O7.3Rb.H2/c1-21(35)7-4-3-5-13-32-28(40)33-14-6-17-41-18-16-31-26(38)20-27(39)34-23-10-8-22(9-11-23)19-25(37)30-15-12-24(36)29-2;;;;/h8-11H,3-7,12-20H2,1-2H3,(H6,29,30,31,32,33,34,36,37,38,39,40);;;;1H/q;3*+1;/p-3. The molecule has 0 unspecified atom stereocenters. The maximum atomic E-state index is 12.1. The Labute approximate surface area is 408 Å². The van der Waals surface area contributed by atoms with E-state index in [1.807, 2.05) is 0 Å². The molecule has 0 fully saturated rings. The van der Waals surface area contributed by atoms with Crippen LogP contribution in [-0.4, -0.2) is 81.9 Å². The van der Waals surface area contributed by atoms with Crippen molar-refractivity contribution in [2.75, 3.05) is 46.4 Å². The van der Waals surface area contributed by atoms with Gasteiger partial charge in [0.15, 0.2) is 6.03 Å². The first kappa shape index (κ1) is 49.8. The summed E-state index contributed by atoms with van der Waals surface area (Å²) in [6.45, 7) is 3.31. The SMILES string of the molecule is CNC(=O)CCNC(=O)Cc1ccc([N-]C(=O)CC(=O)[N-]CCOCCC[N-]C(=O)NCCCCCC(C)=O)cc1.[HH].[Rb+].[Rb+].[Rb+]. The number of amides is 6. The van der Waals surface area contributed by atoms with Crippen LogP contribution in [-0.2, 0) is 35.1 Å². The number of rotatable bonds is 21. The van der Waals surface area contributed by atoms with Crippen LogP contribution in [0.5, 0.6) is 0 Å². The van der Waals surface area contributed by atoms with Gasteiger partial charge in [0.05, 0.1) is 18.2 Å². The van der Waals surface area contributed by atoms with Gasteiger partial charge in [-0.1, -0.05) is 43.7 Å². The summed E-state index contributed by atoms with van der Waals surface area (Å²) >= 11 is 0. The normalized spacial score (nSPS) is 9.59. The number of hydrogen-bond donors (Lipinski definition) is 3. The second kappa shape index (κ2) is 32.9. The molecule has 0 aliphatic rings. The summed E-state index contributed by atoms with van der Waals surface area (Å²) in [5.74, 6) is -1.44. The first-order valence-corrected chi connectivity index (χ1v) is 13.7. The topological polar surface area (TPSA) is 190 Å². The number of urea groups is 1. The number of carbonyl (C=O) groups is 6. The summed E-state index contributed by atoms with van der Waals surface area (Å²) in [4.78, 5) is 69.5. The van der Waals surface area contributed by atoms with Crippen LogP contribution in [0.4, 0.5) is 10.5 Å². The Morgan fingerprint density at radius 2 is 1.45 bits per heavy atom. The average Bonchev–Trinajstić information content (AvgIpc) is 2.92. The average molecular weight is 832 g/mol. The minimum absolute atomic E-state index is 0. The van der Waals surface area contributed by atoms with Crippen molar-refractivity contribution >= 4 is 41.1 Å². The molecule has 230 valence electrons. The molecule has 1 aromatic carbocycles. The molecule has 44 heavy (non-hydrogen) atoms. The van der Waals surface area contributed by atoms with E-state index in [4.69, 9.17) is 4.74 Å². The summed E-state index contributed by atoms with van der Waals surface area (Å²) in [5, 5.41) is 19.4. The van der Waals surface area contributed by atoms with Crippen LogP contribution in [0.1, 0.15) is 58.9 Å². The zero-order chi connectivity index (χ0) is 30.3. The van der Waals surface area contributed by atoms with Gasteiger partial charge < -0.3 is 51.0 Å². The number of Topliss-reactive ketones (excluding diaryl/α,β-unsaturated/α-hetero) is 1. The van der Waals surface area contributed by atoms with E-state index in [9.17, 15) is 28.8 Å². The van der Waals surface area contributed by atoms with Crippen LogP contribution in [0.2, 0.25) is 0 Å². The molecule has 13 nitrogen and oxygen atoms in total. The number of carbonyl (C=O) groups excluding carboxylic acids is 6.